The van der Waals surface area contributed by atoms with Crippen molar-refractivity contribution in [1.29, 1.82) is 0 Å². The van der Waals surface area contributed by atoms with E-state index in [-0.39, 0.29) is 5.91 Å². The fourth-order valence-corrected chi connectivity index (χ4v) is 4.50. The van der Waals surface area contributed by atoms with Gasteiger partial charge in [0.05, 0.1) is 23.6 Å². The first-order valence-corrected chi connectivity index (χ1v) is 11.3. The van der Waals surface area contributed by atoms with Crippen LogP contribution < -0.4 is 4.90 Å². The Bertz CT molecular complexity index is 934. The fraction of sp³-hybridized carbons (Fsp3) is 0.391. The molecule has 1 aliphatic heterocycles. The number of ether oxygens (including phenoxy) is 1. The number of amides is 1. The van der Waals surface area contributed by atoms with Crippen LogP contribution in [0.2, 0.25) is 0 Å². The van der Waals surface area contributed by atoms with E-state index in [1.165, 1.54) is 17.8 Å². The molecular weight excluding hydrogens is 398 g/mol. The molecule has 7 heteroatoms. The van der Waals surface area contributed by atoms with Gasteiger partial charge in [-0.1, -0.05) is 41.6 Å². The van der Waals surface area contributed by atoms with Crippen LogP contribution in [0.5, 0.6) is 0 Å². The number of carbonyl (C=O) groups excluding carboxylic acids is 1. The van der Waals surface area contributed by atoms with Crippen molar-refractivity contribution in [2.75, 3.05) is 38.3 Å². The van der Waals surface area contributed by atoms with E-state index in [4.69, 9.17) is 9.26 Å². The second kappa shape index (κ2) is 9.91. The van der Waals surface area contributed by atoms with E-state index >= 15 is 0 Å². The molecule has 0 unspecified atom stereocenters. The molecule has 3 aromatic rings. The molecule has 30 heavy (non-hydrogen) atoms. The monoisotopic (exact) mass is 425 g/mol. The number of hydrogen-bond acceptors (Lipinski definition) is 6. The zero-order valence-electron chi connectivity index (χ0n) is 17.3. The number of thiophene rings is 1. The highest BCUT2D eigenvalue weighted by molar-refractivity contribution is 7.12. The lowest BCUT2D eigenvalue weighted by Gasteiger charge is -2.28. The van der Waals surface area contributed by atoms with Gasteiger partial charge in [0.1, 0.15) is 5.69 Å². The third-order valence-corrected chi connectivity index (χ3v) is 6.25. The maximum atomic E-state index is 13.2. The lowest BCUT2D eigenvalue weighted by molar-refractivity contribution is 0.0685. The van der Waals surface area contributed by atoms with E-state index in [1.807, 2.05) is 52.7 Å². The highest BCUT2D eigenvalue weighted by atomic mass is 32.1. The Hall–Kier alpha value is -2.64. The van der Waals surface area contributed by atoms with E-state index in [2.05, 4.69) is 10.1 Å². The predicted molar refractivity (Wildman–Crippen MR) is 119 cm³/mol. The van der Waals surface area contributed by atoms with Crippen molar-refractivity contribution in [3.8, 4) is 11.3 Å². The highest BCUT2D eigenvalue weighted by Crippen LogP contribution is 2.34. The number of nitrogens with zero attached hydrogens (tertiary/aromatic N) is 3. The zero-order chi connectivity index (χ0) is 20.8. The van der Waals surface area contributed by atoms with Crippen molar-refractivity contribution in [3.05, 3.63) is 58.3 Å². The minimum atomic E-state index is 0.00635. The van der Waals surface area contributed by atoms with Crippen LogP contribution in [0.3, 0.4) is 0 Å². The number of benzene rings is 1. The molecule has 0 N–H and O–H groups in total. The summed E-state index contributed by atoms with van der Waals surface area (Å²) in [5.74, 6) is 0.793. The van der Waals surface area contributed by atoms with Gasteiger partial charge in [-0.2, -0.15) is 0 Å². The molecule has 1 amide bonds. The van der Waals surface area contributed by atoms with Gasteiger partial charge in [-0.15, -0.1) is 11.3 Å². The Kier molecular flexibility index (Phi) is 6.81. The van der Waals surface area contributed by atoms with Crippen LogP contribution in [0.4, 0.5) is 5.88 Å². The Balaban J connectivity index is 1.70. The van der Waals surface area contributed by atoms with Gasteiger partial charge >= 0.3 is 0 Å². The van der Waals surface area contributed by atoms with Gasteiger partial charge in [0.2, 0.25) is 5.88 Å². The van der Waals surface area contributed by atoms with Crippen molar-refractivity contribution >= 4 is 23.1 Å². The maximum Gasteiger partial charge on any atom is 0.264 e. The van der Waals surface area contributed by atoms with Crippen molar-refractivity contribution in [2.45, 2.75) is 25.8 Å². The first-order chi connectivity index (χ1) is 14.8. The van der Waals surface area contributed by atoms with Crippen LogP contribution in [-0.4, -0.2) is 49.3 Å². The third kappa shape index (κ3) is 4.57. The van der Waals surface area contributed by atoms with Crippen LogP contribution >= 0.6 is 11.3 Å². The number of hydrogen-bond donors (Lipinski definition) is 0. The van der Waals surface area contributed by atoms with Crippen LogP contribution in [0.1, 0.15) is 34.5 Å². The Morgan fingerprint density at radius 2 is 1.97 bits per heavy atom. The number of aromatic nitrogens is 1. The molecule has 4 rings (SSSR count). The second-order valence-electron chi connectivity index (χ2n) is 7.43. The smallest absolute Gasteiger partial charge is 0.264 e. The van der Waals surface area contributed by atoms with E-state index < -0.39 is 0 Å². The second-order valence-corrected chi connectivity index (χ2v) is 8.37. The summed E-state index contributed by atoms with van der Waals surface area (Å²) >= 11 is 1.46. The molecule has 0 spiro atoms. The third-order valence-electron chi connectivity index (χ3n) is 5.39. The molecule has 0 saturated carbocycles. The number of methoxy groups -OCH3 is 1. The Labute approximate surface area is 181 Å². The molecular formula is C23H27N3O3S. The number of piperidine rings is 1. The summed E-state index contributed by atoms with van der Waals surface area (Å²) in [6, 6.07) is 13.8. The summed E-state index contributed by atoms with van der Waals surface area (Å²) < 4.78 is 11.2. The van der Waals surface area contributed by atoms with Crippen molar-refractivity contribution in [2.24, 2.45) is 0 Å². The van der Waals surface area contributed by atoms with Gasteiger partial charge in [0.25, 0.3) is 5.91 Å². The van der Waals surface area contributed by atoms with Crippen molar-refractivity contribution in [3.63, 3.8) is 0 Å². The molecule has 0 radical (unpaired) electrons. The predicted octanol–water partition coefficient (Wildman–Crippen LogP) is 4.68. The number of anilines is 1. The average Bonchev–Trinajstić information content (AvgIpc) is 3.48. The summed E-state index contributed by atoms with van der Waals surface area (Å²) in [5.41, 5.74) is 2.76. The summed E-state index contributed by atoms with van der Waals surface area (Å²) in [6.45, 7) is 3.31. The molecule has 1 aromatic carbocycles. The topological polar surface area (TPSA) is 58.8 Å². The van der Waals surface area contributed by atoms with E-state index in [0.717, 1.165) is 53.5 Å². The lowest BCUT2D eigenvalue weighted by atomic mass is 10.1. The SMILES string of the molecule is COCCN(Cc1c(-c2ccccc2)noc1N1CCCCC1)C(=O)c1cccs1. The Morgan fingerprint density at radius 1 is 1.17 bits per heavy atom. The van der Waals surface area contributed by atoms with Crippen LogP contribution in [0.25, 0.3) is 11.3 Å². The standard InChI is InChI=1S/C23H27N3O3S/c1-28-15-14-26(22(27)20-11-8-16-30-20)17-19-21(18-9-4-2-5-10-18)24-29-23(19)25-12-6-3-7-13-25/h2,4-5,8-11,16H,3,6-7,12-15,17H2,1H3. The molecule has 2 aromatic heterocycles. The number of carbonyl (C=O) groups is 1. The van der Waals surface area contributed by atoms with Gasteiger partial charge in [-0.3, -0.25) is 4.79 Å². The summed E-state index contributed by atoms with van der Waals surface area (Å²) in [5, 5.41) is 6.36. The molecule has 3 heterocycles. The molecule has 0 bridgehead atoms. The van der Waals surface area contributed by atoms with E-state index in [1.54, 1.807) is 7.11 Å². The largest absolute Gasteiger partial charge is 0.383 e. The normalized spacial score (nSPS) is 14.1. The van der Waals surface area contributed by atoms with Gasteiger partial charge < -0.3 is 19.1 Å². The fourth-order valence-electron chi connectivity index (χ4n) is 3.81. The molecule has 0 aliphatic carbocycles. The molecule has 158 valence electrons. The molecule has 6 nitrogen and oxygen atoms in total. The van der Waals surface area contributed by atoms with Crippen LogP contribution in [0.15, 0.2) is 52.4 Å². The summed E-state index contributed by atoms with van der Waals surface area (Å²) in [6.07, 6.45) is 3.52. The number of rotatable bonds is 8. The minimum absolute atomic E-state index is 0.00635. The Morgan fingerprint density at radius 3 is 2.67 bits per heavy atom. The van der Waals surface area contributed by atoms with Crippen LogP contribution in [0, 0.1) is 0 Å². The van der Waals surface area contributed by atoms with Crippen molar-refractivity contribution in [1.82, 2.24) is 10.1 Å². The molecule has 1 fully saturated rings. The molecule has 0 atom stereocenters. The molecule has 1 aliphatic rings. The average molecular weight is 426 g/mol. The lowest BCUT2D eigenvalue weighted by Crippen LogP contribution is -2.35. The zero-order valence-corrected chi connectivity index (χ0v) is 18.1. The minimum Gasteiger partial charge on any atom is -0.383 e. The van der Waals surface area contributed by atoms with Gasteiger partial charge in [-0.05, 0) is 30.7 Å². The van der Waals surface area contributed by atoms with Gasteiger partial charge in [0.15, 0.2) is 0 Å². The first-order valence-electron chi connectivity index (χ1n) is 10.4. The quantitative estimate of drug-likeness (QED) is 0.524. The first kappa shape index (κ1) is 20.6. The van der Waals surface area contributed by atoms with Gasteiger partial charge in [0, 0.05) is 32.3 Å². The van der Waals surface area contributed by atoms with E-state index in [9.17, 15) is 4.79 Å². The summed E-state index contributed by atoms with van der Waals surface area (Å²) in [4.78, 5) is 18.0. The summed E-state index contributed by atoms with van der Waals surface area (Å²) in [7, 11) is 1.65. The van der Waals surface area contributed by atoms with Crippen LogP contribution in [-0.2, 0) is 11.3 Å². The molecule has 1 saturated heterocycles. The maximum absolute atomic E-state index is 13.2. The van der Waals surface area contributed by atoms with Gasteiger partial charge in [-0.25, -0.2) is 0 Å². The van der Waals surface area contributed by atoms with E-state index in [0.29, 0.717) is 19.7 Å². The van der Waals surface area contributed by atoms with Crippen molar-refractivity contribution < 1.29 is 14.1 Å². The highest BCUT2D eigenvalue weighted by Gasteiger charge is 2.27.